The number of aliphatic carboxylic acids is 1. The van der Waals surface area contributed by atoms with Gasteiger partial charge in [0.25, 0.3) is 0 Å². The lowest BCUT2D eigenvalue weighted by atomic mass is 10.0. The van der Waals surface area contributed by atoms with E-state index >= 15 is 0 Å². The molecule has 0 aliphatic rings. The molecule has 0 rings (SSSR count). The number of phosphoric acid groups is 1. The van der Waals surface area contributed by atoms with E-state index in [0.29, 0.717) is 12.8 Å². The van der Waals surface area contributed by atoms with E-state index in [-0.39, 0.29) is 12.8 Å². The zero-order valence-corrected chi connectivity index (χ0v) is 46.5. The molecule has 0 bridgehead atoms. The first kappa shape index (κ1) is 68.2. The van der Waals surface area contributed by atoms with E-state index in [2.05, 4.69) is 31.3 Å². The molecule has 0 aromatic heterocycles. The number of hydrogen-bond donors (Lipinski definition) is 4. The van der Waals surface area contributed by atoms with E-state index < -0.39 is 57.6 Å². The maximum atomic E-state index is 12.4. The molecule has 0 heterocycles. The number of phosphoric ester groups is 1. The second-order valence-electron chi connectivity index (χ2n) is 20.5. The lowest BCUT2D eigenvalue weighted by molar-refractivity contribution is -0.147. The molecule has 414 valence electrons. The summed E-state index contributed by atoms with van der Waals surface area (Å²) in [5, 5.41) is 22.0. The normalized spacial score (nSPS) is 13.4. The first-order valence-corrected chi connectivity index (χ1v) is 31.2. The third kappa shape index (κ3) is 52.5. The fourth-order valence-corrected chi connectivity index (χ4v) is 9.73. The minimum Gasteiger partial charge on any atom is -0.480 e. The molecular weight excluding hydrogens is 902 g/mol. The summed E-state index contributed by atoms with van der Waals surface area (Å²) in [7, 11) is -4.76. The molecule has 1 amide bonds. The van der Waals surface area contributed by atoms with Crippen LogP contribution in [0.3, 0.4) is 0 Å². The lowest BCUT2D eigenvalue weighted by Crippen LogP contribution is -2.43. The number of carboxylic acids is 1. The number of carbonyl (C=O) groups excluding carboxylic acids is 2. The van der Waals surface area contributed by atoms with Crippen molar-refractivity contribution < 1.29 is 47.8 Å². The first-order valence-electron chi connectivity index (χ1n) is 29.7. The number of allylic oxidation sites excluding steroid dienone is 2. The highest BCUT2D eigenvalue weighted by atomic mass is 31.2. The number of amides is 1. The Labute approximate surface area is 430 Å². The van der Waals surface area contributed by atoms with Gasteiger partial charge in [-0.15, -0.1) is 0 Å². The van der Waals surface area contributed by atoms with Crippen LogP contribution in [0.1, 0.15) is 309 Å². The molecular formula is C58H112NO10P. The van der Waals surface area contributed by atoms with Gasteiger partial charge in [-0.2, -0.15) is 0 Å². The SMILES string of the molecule is CCCCCCCC/C=C/CCCCCCCCCCCCCCCC(=O)OCC(O)COP(=O)(O)OCC(NC(=O)CCCCCCCCCCCCCCCCCCCCCCCCC)C(=O)O. The van der Waals surface area contributed by atoms with E-state index in [4.69, 9.17) is 13.8 Å². The van der Waals surface area contributed by atoms with Gasteiger partial charge < -0.3 is 25.2 Å². The smallest absolute Gasteiger partial charge is 0.472 e. The van der Waals surface area contributed by atoms with Crippen LogP contribution in [0.25, 0.3) is 0 Å². The van der Waals surface area contributed by atoms with Crippen molar-refractivity contribution in [3.63, 3.8) is 0 Å². The number of carbonyl (C=O) groups is 3. The molecule has 3 unspecified atom stereocenters. The molecule has 0 fully saturated rings. The number of aliphatic hydroxyl groups excluding tert-OH is 1. The zero-order valence-electron chi connectivity index (χ0n) is 45.6. The van der Waals surface area contributed by atoms with Gasteiger partial charge in [0.05, 0.1) is 13.2 Å². The van der Waals surface area contributed by atoms with Crippen LogP contribution in [0.15, 0.2) is 12.2 Å². The number of hydrogen-bond acceptors (Lipinski definition) is 8. The summed E-state index contributed by atoms with van der Waals surface area (Å²) in [6, 6.07) is -1.54. The molecule has 11 nitrogen and oxygen atoms in total. The highest BCUT2D eigenvalue weighted by Crippen LogP contribution is 2.43. The predicted octanol–water partition coefficient (Wildman–Crippen LogP) is 17.1. The van der Waals surface area contributed by atoms with Crippen molar-refractivity contribution in [1.82, 2.24) is 5.32 Å². The highest BCUT2D eigenvalue weighted by molar-refractivity contribution is 7.47. The largest absolute Gasteiger partial charge is 0.480 e. The number of ether oxygens (including phenoxy) is 1. The number of carboxylic acid groups (broad SMARTS) is 1. The highest BCUT2D eigenvalue weighted by Gasteiger charge is 2.28. The summed E-state index contributed by atoms with van der Waals surface area (Å²) in [5.41, 5.74) is 0. The van der Waals surface area contributed by atoms with Crippen molar-refractivity contribution >= 4 is 25.7 Å². The molecule has 0 saturated heterocycles. The summed E-state index contributed by atoms with van der Waals surface area (Å²) in [6.45, 7) is 2.67. The van der Waals surface area contributed by atoms with E-state index in [0.717, 1.165) is 38.5 Å². The van der Waals surface area contributed by atoms with Crippen LogP contribution in [0, 0.1) is 0 Å². The van der Waals surface area contributed by atoms with E-state index in [1.54, 1.807) is 0 Å². The number of rotatable bonds is 57. The van der Waals surface area contributed by atoms with Crippen LogP contribution < -0.4 is 5.32 Å². The molecule has 0 radical (unpaired) electrons. The molecule has 0 saturated carbocycles. The van der Waals surface area contributed by atoms with Gasteiger partial charge in [0, 0.05) is 12.8 Å². The third-order valence-electron chi connectivity index (χ3n) is 13.6. The average molecular weight is 1010 g/mol. The zero-order chi connectivity index (χ0) is 51.3. The van der Waals surface area contributed by atoms with Crippen molar-refractivity contribution in [1.29, 1.82) is 0 Å². The fraction of sp³-hybridized carbons (Fsp3) is 0.914. The standard InChI is InChI=1S/C58H112NO10P/c1-3-5-7-9-11-13-15-17-19-21-23-25-27-29-31-33-35-37-39-41-43-45-47-49-56(61)59-55(58(63)64)53-69-70(65,66)68-52-54(60)51-67-57(62)50-48-46-44-42-40-38-36-34-32-30-28-26-24-22-20-18-16-14-12-10-8-6-4-2/h18,20,54-55,60H,3-17,19,21-53H2,1-2H3,(H,59,61)(H,63,64)(H,65,66)/b20-18+. The van der Waals surface area contributed by atoms with Crippen LogP contribution in [-0.2, 0) is 32.7 Å². The van der Waals surface area contributed by atoms with Gasteiger partial charge in [-0.25, -0.2) is 9.36 Å². The topological polar surface area (TPSA) is 169 Å². The van der Waals surface area contributed by atoms with Gasteiger partial charge in [0.1, 0.15) is 12.7 Å². The van der Waals surface area contributed by atoms with Crippen LogP contribution >= 0.6 is 7.82 Å². The van der Waals surface area contributed by atoms with Gasteiger partial charge in [0.15, 0.2) is 6.04 Å². The Morgan fingerprint density at radius 1 is 0.443 bits per heavy atom. The quantitative estimate of drug-likeness (QED) is 0.0199. The Kier molecular flexibility index (Phi) is 52.1. The van der Waals surface area contributed by atoms with Gasteiger partial charge in [-0.05, 0) is 38.5 Å². The minimum absolute atomic E-state index is 0.152. The van der Waals surface area contributed by atoms with Gasteiger partial charge in [-0.3, -0.25) is 18.6 Å². The monoisotopic (exact) mass is 1010 g/mol. The maximum Gasteiger partial charge on any atom is 0.472 e. The Morgan fingerprint density at radius 2 is 0.743 bits per heavy atom. The van der Waals surface area contributed by atoms with Crippen molar-refractivity contribution in [2.75, 3.05) is 19.8 Å². The second kappa shape index (κ2) is 53.5. The molecule has 0 aliphatic carbocycles. The average Bonchev–Trinajstić information content (AvgIpc) is 3.34. The number of esters is 1. The van der Waals surface area contributed by atoms with E-state index in [1.165, 1.54) is 231 Å². The second-order valence-corrected chi connectivity index (χ2v) is 22.0. The number of aliphatic hydroxyl groups is 1. The van der Waals surface area contributed by atoms with E-state index in [9.17, 15) is 34.1 Å². The summed E-state index contributed by atoms with van der Waals surface area (Å²) in [5.74, 6) is -2.35. The molecule has 0 spiro atoms. The first-order chi connectivity index (χ1) is 34.1. The predicted molar refractivity (Wildman–Crippen MR) is 291 cm³/mol. The van der Waals surface area contributed by atoms with Gasteiger partial charge in [0.2, 0.25) is 5.91 Å². The maximum absolute atomic E-state index is 12.4. The van der Waals surface area contributed by atoms with Crippen LogP contribution in [0.4, 0.5) is 0 Å². The van der Waals surface area contributed by atoms with Crippen molar-refractivity contribution in [2.45, 2.75) is 321 Å². The molecule has 4 N–H and O–H groups in total. The van der Waals surface area contributed by atoms with Crippen molar-refractivity contribution in [2.24, 2.45) is 0 Å². The molecule has 0 aromatic carbocycles. The van der Waals surface area contributed by atoms with Crippen LogP contribution in [0.2, 0.25) is 0 Å². The fourth-order valence-electron chi connectivity index (χ4n) is 8.96. The Morgan fingerprint density at radius 3 is 1.09 bits per heavy atom. The molecule has 70 heavy (non-hydrogen) atoms. The molecule has 0 aromatic rings. The Bertz CT molecular complexity index is 1230. The summed E-state index contributed by atoms with van der Waals surface area (Å²) in [4.78, 5) is 46.3. The minimum atomic E-state index is -4.76. The molecule has 0 aliphatic heterocycles. The Balaban J connectivity index is 3.72. The summed E-state index contributed by atoms with van der Waals surface area (Å²) in [6.07, 6.45) is 59.6. The summed E-state index contributed by atoms with van der Waals surface area (Å²) < 4.78 is 27.1. The lowest BCUT2D eigenvalue weighted by Gasteiger charge is -2.18. The van der Waals surface area contributed by atoms with E-state index in [1.807, 2.05) is 0 Å². The van der Waals surface area contributed by atoms with Crippen molar-refractivity contribution in [3.05, 3.63) is 12.2 Å². The number of nitrogens with one attached hydrogen (secondary N) is 1. The van der Waals surface area contributed by atoms with Gasteiger partial charge >= 0.3 is 19.8 Å². The third-order valence-corrected chi connectivity index (χ3v) is 14.5. The number of unbranched alkanes of at least 4 members (excludes halogenated alkanes) is 41. The molecule has 3 atom stereocenters. The van der Waals surface area contributed by atoms with Crippen molar-refractivity contribution in [3.8, 4) is 0 Å². The summed E-state index contributed by atoms with van der Waals surface area (Å²) >= 11 is 0. The van der Waals surface area contributed by atoms with Crippen LogP contribution in [-0.4, -0.2) is 64.9 Å². The molecule has 12 heteroatoms. The van der Waals surface area contributed by atoms with Crippen LogP contribution in [0.5, 0.6) is 0 Å². The van der Waals surface area contributed by atoms with Gasteiger partial charge in [-0.1, -0.05) is 270 Å². The Hall–Kier alpha value is -1.78.